The van der Waals surface area contributed by atoms with Gasteiger partial charge in [0, 0.05) is 17.6 Å². The summed E-state index contributed by atoms with van der Waals surface area (Å²) in [7, 11) is 0. The van der Waals surface area contributed by atoms with Crippen LogP contribution in [0.1, 0.15) is 19.8 Å². The Morgan fingerprint density at radius 1 is 1.38 bits per heavy atom. The number of hydrogen-bond donors (Lipinski definition) is 3. The average Bonchev–Trinajstić information content (AvgIpc) is 2.46. The van der Waals surface area contributed by atoms with Gasteiger partial charge in [0.05, 0.1) is 0 Å². The molecule has 1 aromatic carbocycles. The third kappa shape index (κ3) is 4.75. The van der Waals surface area contributed by atoms with Crippen LogP contribution in [0.5, 0.6) is 5.75 Å². The molecule has 0 aliphatic carbocycles. The molecule has 1 saturated heterocycles. The lowest BCUT2D eigenvalue weighted by Crippen LogP contribution is -2.40. The molecule has 1 aliphatic heterocycles. The van der Waals surface area contributed by atoms with Crippen LogP contribution in [-0.4, -0.2) is 31.0 Å². The van der Waals surface area contributed by atoms with Crippen LogP contribution in [0.25, 0.3) is 0 Å². The van der Waals surface area contributed by atoms with Gasteiger partial charge in [-0.05, 0) is 50.6 Å². The fraction of sp³-hybridized carbons (Fsp3) is 0.467. The second-order valence-corrected chi connectivity index (χ2v) is 5.35. The number of amides is 2. The second-order valence-electron chi connectivity index (χ2n) is 5.35. The molecule has 0 spiro atoms. The minimum Gasteiger partial charge on any atom is -0.484 e. The summed E-state index contributed by atoms with van der Waals surface area (Å²) in [4.78, 5) is 22.8. The summed E-state index contributed by atoms with van der Waals surface area (Å²) in [6.45, 7) is 2.81. The topological polar surface area (TPSA) is 93.4 Å². The normalized spacial score (nSPS) is 21.6. The van der Waals surface area contributed by atoms with E-state index in [2.05, 4.69) is 17.6 Å². The second kappa shape index (κ2) is 7.08. The predicted octanol–water partition coefficient (Wildman–Crippen LogP) is 0.877. The zero-order valence-electron chi connectivity index (χ0n) is 12.1. The minimum atomic E-state index is -0.521. The Kier molecular flexibility index (Phi) is 5.16. The summed E-state index contributed by atoms with van der Waals surface area (Å²) in [6.07, 6.45) is 1.71. The minimum absolute atomic E-state index is 0.0482. The van der Waals surface area contributed by atoms with Gasteiger partial charge in [-0.15, -0.1) is 0 Å². The standard InChI is InChI=1S/C15H21N3O3/c1-10-8-11(6-7-17-10)15(20)18-12-2-4-13(5-3-12)21-9-14(16)19/h2-5,10-11,17H,6-9H2,1H3,(H2,16,19)(H,18,20)/t10-,11-/m0/s1. The van der Waals surface area contributed by atoms with E-state index in [0.29, 0.717) is 11.8 Å². The Labute approximate surface area is 124 Å². The van der Waals surface area contributed by atoms with Crippen molar-refractivity contribution in [2.45, 2.75) is 25.8 Å². The SMILES string of the molecule is C[C@H]1C[C@@H](C(=O)Nc2ccc(OCC(N)=O)cc2)CCN1. The molecule has 0 radical (unpaired) electrons. The number of carbonyl (C=O) groups is 2. The molecule has 2 amide bonds. The first kappa shape index (κ1) is 15.3. The third-order valence-electron chi connectivity index (χ3n) is 3.50. The van der Waals surface area contributed by atoms with Gasteiger partial charge in [-0.3, -0.25) is 9.59 Å². The number of anilines is 1. The Hall–Kier alpha value is -2.08. The summed E-state index contributed by atoms with van der Waals surface area (Å²) < 4.78 is 5.16. The highest BCUT2D eigenvalue weighted by Gasteiger charge is 2.24. The summed E-state index contributed by atoms with van der Waals surface area (Å²) >= 11 is 0. The maximum Gasteiger partial charge on any atom is 0.255 e. The van der Waals surface area contributed by atoms with E-state index in [4.69, 9.17) is 10.5 Å². The number of carbonyl (C=O) groups excluding carboxylic acids is 2. The molecule has 1 heterocycles. The molecule has 1 aliphatic rings. The van der Waals surface area contributed by atoms with Gasteiger partial charge in [0.1, 0.15) is 5.75 Å². The molecular formula is C15H21N3O3. The van der Waals surface area contributed by atoms with Crippen LogP contribution in [0, 0.1) is 5.92 Å². The maximum absolute atomic E-state index is 12.2. The van der Waals surface area contributed by atoms with Crippen LogP contribution >= 0.6 is 0 Å². The molecule has 0 bridgehead atoms. The molecule has 4 N–H and O–H groups in total. The third-order valence-corrected chi connectivity index (χ3v) is 3.50. The number of nitrogens with two attached hydrogens (primary N) is 1. The lowest BCUT2D eigenvalue weighted by molar-refractivity contribution is -0.121. The van der Waals surface area contributed by atoms with Crippen molar-refractivity contribution in [1.29, 1.82) is 0 Å². The number of rotatable bonds is 5. The molecule has 2 atom stereocenters. The van der Waals surface area contributed by atoms with Crippen LogP contribution in [0.15, 0.2) is 24.3 Å². The maximum atomic E-state index is 12.2. The number of ether oxygens (including phenoxy) is 1. The fourth-order valence-corrected chi connectivity index (χ4v) is 2.40. The predicted molar refractivity (Wildman–Crippen MR) is 79.9 cm³/mol. The monoisotopic (exact) mass is 291 g/mol. The van der Waals surface area contributed by atoms with Crippen molar-refractivity contribution in [1.82, 2.24) is 5.32 Å². The number of nitrogens with one attached hydrogen (secondary N) is 2. The molecule has 6 heteroatoms. The molecule has 0 unspecified atom stereocenters. The van der Waals surface area contributed by atoms with Gasteiger partial charge in [-0.25, -0.2) is 0 Å². The molecule has 0 aromatic heterocycles. The highest BCUT2D eigenvalue weighted by atomic mass is 16.5. The number of hydrogen-bond acceptors (Lipinski definition) is 4. The van der Waals surface area contributed by atoms with Gasteiger partial charge in [-0.1, -0.05) is 0 Å². The van der Waals surface area contributed by atoms with Crippen molar-refractivity contribution in [3.8, 4) is 5.75 Å². The van der Waals surface area contributed by atoms with Gasteiger partial charge in [0.2, 0.25) is 5.91 Å². The van der Waals surface area contributed by atoms with Gasteiger partial charge in [0.25, 0.3) is 5.91 Å². The van der Waals surface area contributed by atoms with E-state index in [9.17, 15) is 9.59 Å². The van der Waals surface area contributed by atoms with Gasteiger partial charge >= 0.3 is 0 Å². The first-order valence-corrected chi connectivity index (χ1v) is 7.10. The number of primary amides is 1. The summed E-state index contributed by atoms with van der Waals surface area (Å²) in [5.74, 6) is 0.121. The molecule has 1 fully saturated rings. The van der Waals surface area contributed by atoms with E-state index in [0.717, 1.165) is 25.1 Å². The van der Waals surface area contributed by atoms with Crippen molar-refractivity contribution in [3.05, 3.63) is 24.3 Å². The Morgan fingerprint density at radius 2 is 2.10 bits per heavy atom. The highest BCUT2D eigenvalue weighted by Crippen LogP contribution is 2.20. The van der Waals surface area contributed by atoms with Crippen molar-refractivity contribution in [2.24, 2.45) is 11.7 Å². The molecule has 2 rings (SSSR count). The number of piperidine rings is 1. The van der Waals surface area contributed by atoms with E-state index in [1.165, 1.54) is 0 Å². The van der Waals surface area contributed by atoms with Gasteiger partial charge < -0.3 is 21.1 Å². The summed E-state index contributed by atoms with van der Waals surface area (Å²) in [5, 5.41) is 6.24. The molecule has 21 heavy (non-hydrogen) atoms. The van der Waals surface area contributed by atoms with Crippen molar-refractivity contribution >= 4 is 17.5 Å². The van der Waals surface area contributed by atoms with Gasteiger partial charge in [-0.2, -0.15) is 0 Å². The van der Waals surface area contributed by atoms with Crippen LogP contribution in [-0.2, 0) is 9.59 Å². The molecule has 114 valence electrons. The summed E-state index contributed by atoms with van der Waals surface area (Å²) in [5.41, 5.74) is 5.72. The zero-order chi connectivity index (χ0) is 15.2. The first-order chi connectivity index (χ1) is 10.0. The number of benzene rings is 1. The Balaban J connectivity index is 1.87. The van der Waals surface area contributed by atoms with Crippen LogP contribution in [0.2, 0.25) is 0 Å². The molecule has 0 saturated carbocycles. The van der Waals surface area contributed by atoms with Crippen molar-refractivity contribution in [3.63, 3.8) is 0 Å². The van der Waals surface area contributed by atoms with Crippen LogP contribution in [0.3, 0.4) is 0 Å². The summed E-state index contributed by atoms with van der Waals surface area (Å²) in [6, 6.07) is 7.27. The smallest absolute Gasteiger partial charge is 0.255 e. The van der Waals surface area contributed by atoms with E-state index < -0.39 is 5.91 Å². The fourth-order valence-electron chi connectivity index (χ4n) is 2.40. The first-order valence-electron chi connectivity index (χ1n) is 7.10. The lowest BCUT2D eigenvalue weighted by atomic mass is 9.92. The Morgan fingerprint density at radius 3 is 2.71 bits per heavy atom. The molecular weight excluding hydrogens is 270 g/mol. The Bertz CT molecular complexity index is 501. The largest absolute Gasteiger partial charge is 0.484 e. The van der Waals surface area contributed by atoms with E-state index in [1.807, 2.05) is 0 Å². The molecule has 1 aromatic rings. The van der Waals surface area contributed by atoms with E-state index in [1.54, 1.807) is 24.3 Å². The van der Waals surface area contributed by atoms with Crippen molar-refractivity contribution in [2.75, 3.05) is 18.5 Å². The van der Waals surface area contributed by atoms with Crippen LogP contribution < -0.4 is 21.1 Å². The average molecular weight is 291 g/mol. The van der Waals surface area contributed by atoms with E-state index >= 15 is 0 Å². The quantitative estimate of drug-likeness (QED) is 0.750. The lowest BCUT2D eigenvalue weighted by Gasteiger charge is -2.27. The van der Waals surface area contributed by atoms with Crippen molar-refractivity contribution < 1.29 is 14.3 Å². The highest BCUT2D eigenvalue weighted by molar-refractivity contribution is 5.92. The van der Waals surface area contributed by atoms with E-state index in [-0.39, 0.29) is 18.4 Å². The molecule has 6 nitrogen and oxygen atoms in total. The van der Waals surface area contributed by atoms with Gasteiger partial charge in [0.15, 0.2) is 6.61 Å². The zero-order valence-corrected chi connectivity index (χ0v) is 12.1. The van der Waals surface area contributed by atoms with Crippen LogP contribution in [0.4, 0.5) is 5.69 Å².